The number of rotatable bonds is 6. The van der Waals surface area contributed by atoms with E-state index in [0.717, 1.165) is 12.0 Å². The van der Waals surface area contributed by atoms with Crippen molar-refractivity contribution in [3.8, 4) is 0 Å². The van der Waals surface area contributed by atoms with Gasteiger partial charge in [-0.15, -0.1) is 0 Å². The molecule has 0 radical (unpaired) electrons. The number of sulfonamides is 1. The van der Waals surface area contributed by atoms with Crippen molar-refractivity contribution in [2.45, 2.75) is 23.9 Å². The fourth-order valence-corrected chi connectivity index (χ4v) is 3.55. The highest BCUT2D eigenvalue weighted by Gasteiger charge is 2.20. The van der Waals surface area contributed by atoms with Gasteiger partial charge in [-0.3, -0.25) is 9.78 Å². The van der Waals surface area contributed by atoms with Crippen LogP contribution in [-0.4, -0.2) is 38.6 Å². The molecule has 25 heavy (non-hydrogen) atoms. The maximum absolute atomic E-state index is 12.4. The summed E-state index contributed by atoms with van der Waals surface area (Å²) in [6, 6.07) is 9.42. The molecule has 0 bridgehead atoms. The summed E-state index contributed by atoms with van der Waals surface area (Å²) in [7, 11) is -3.72. The molecule has 1 aliphatic rings. The molecule has 3 rings (SSSR count). The average molecular weight is 361 g/mol. The number of nitrogens with zero attached hydrogens (tertiary/aromatic N) is 1. The largest absolute Gasteiger partial charge is 0.379 e. The van der Waals surface area contributed by atoms with E-state index in [-0.39, 0.29) is 23.4 Å². The Balaban J connectivity index is 1.69. The zero-order valence-corrected chi connectivity index (χ0v) is 14.3. The van der Waals surface area contributed by atoms with E-state index >= 15 is 0 Å². The summed E-state index contributed by atoms with van der Waals surface area (Å²) in [6.07, 6.45) is 3.96. The summed E-state index contributed by atoms with van der Waals surface area (Å²) in [6.45, 7) is 1.26. The molecule has 1 atom stereocenters. The third kappa shape index (κ3) is 4.62. The number of pyridine rings is 1. The summed E-state index contributed by atoms with van der Waals surface area (Å²) >= 11 is 0. The fraction of sp³-hybridized carbons (Fsp3) is 0.294. The second-order valence-electron chi connectivity index (χ2n) is 5.74. The van der Waals surface area contributed by atoms with Crippen LogP contribution in [0.15, 0.2) is 53.7 Å². The van der Waals surface area contributed by atoms with Crippen LogP contribution in [0.2, 0.25) is 0 Å². The summed E-state index contributed by atoms with van der Waals surface area (Å²) < 4.78 is 32.6. The maximum Gasteiger partial charge on any atom is 0.251 e. The van der Waals surface area contributed by atoms with Crippen LogP contribution in [0.5, 0.6) is 0 Å². The standard InChI is InChI=1S/C17H19N3O4S/c21-17(20-15-6-9-24-12-15)14-2-1-3-16(10-14)25(22,23)19-11-13-4-7-18-8-5-13/h1-5,7-8,10,15,19H,6,9,11-12H2,(H,20,21)/t15-/m1/s1. The molecule has 1 aromatic carbocycles. The predicted molar refractivity (Wildman–Crippen MR) is 91.4 cm³/mol. The van der Waals surface area contributed by atoms with Gasteiger partial charge >= 0.3 is 0 Å². The van der Waals surface area contributed by atoms with Crippen molar-refractivity contribution in [2.24, 2.45) is 0 Å². The van der Waals surface area contributed by atoms with Crippen molar-refractivity contribution in [2.75, 3.05) is 13.2 Å². The molecule has 0 saturated carbocycles. The Bertz CT molecular complexity index is 834. The molecule has 2 heterocycles. The van der Waals surface area contributed by atoms with Crippen LogP contribution in [0.25, 0.3) is 0 Å². The molecular formula is C17H19N3O4S. The van der Waals surface area contributed by atoms with Crippen molar-refractivity contribution in [1.82, 2.24) is 15.0 Å². The van der Waals surface area contributed by atoms with Crippen LogP contribution in [-0.2, 0) is 21.3 Å². The van der Waals surface area contributed by atoms with E-state index in [0.29, 0.717) is 18.8 Å². The van der Waals surface area contributed by atoms with Crippen LogP contribution in [0.1, 0.15) is 22.3 Å². The number of hydrogen-bond donors (Lipinski definition) is 2. The Labute approximate surface area is 146 Å². The molecule has 2 aromatic rings. The summed E-state index contributed by atoms with van der Waals surface area (Å²) in [5.74, 6) is -0.304. The minimum absolute atomic E-state index is 0.0300. The van der Waals surface area contributed by atoms with Gasteiger partial charge in [0.25, 0.3) is 5.91 Å². The van der Waals surface area contributed by atoms with E-state index in [1.807, 2.05) is 0 Å². The lowest BCUT2D eigenvalue weighted by Crippen LogP contribution is -2.35. The van der Waals surface area contributed by atoms with Gasteiger partial charge in [-0.05, 0) is 42.3 Å². The SMILES string of the molecule is O=C(N[C@@H]1CCOC1)c1cccc(S(=O)(=O)NCc2ccncc2)c1. The first-order valence-electron chi connectivity index (χ1n) is 7.92. The lowest BCUT2D eigenvalue weighted by molar-refractivity contribution is 0.0929. The number of benzene rings is 1. The first-order valence-corrected chi connectivity index (χ1v) is 9.40. The Morgan fingerprint density at radius 1 is 1.24 bits per heavy atom. The van der Waals surface area contributed by atoms with Gasteiger partial charge in [0.2, 0.25) is 10.0 Å². The zero-order chi connectivity index (χ0) is 17.7. The van der Waals surface area contributed by atoms with Gasteiger partial charge < -0.3 is 10.1 Å². The third-order valence-corrected chi connectivity index (χ3v) is 5.29. The minimum Gasteiger partial charge on any atom is -0.379 e. The van der Waals surface area contributed by atoms with Crippen molar-refractivity contribution in [3.63, 3.8) is 0 Å². The van der Waals surface area contributed by atoms with Crippen molar-refractivity contribution in [3.05, 3.63) is 59.9 Å². The molecule has 0 spiro atoms. The number of nitrogens with one attached hydrogen (secondary N) is 2. The van der Waals surface area contributed by atoms with Gasteiger partial charge in [-0.25, -0.2) is 13.1 Å². The van der Waals surface area contributed by atoms with Crippen LogP contribution in [0.3, 0.4) is 0 Å². The lowest BCUT2D eigenvalue weighted by atomic mass is 10.2. The highest BCUT2D eigenvalue weighted by atomic mass is 32.2. The summed E-state index contributed by atoms with van der Waals surface area (Å²) in [5, 5.41) is 2.85. The van der Waals surface area contributed by atoms with Crippen LogP contribution >= 0.6 is 0 Å². The molecule has 8 heteroatoms. The number of hydrogen-bond acceptors (Lipinski definition) is 5. The Kier molecular flexibility index (Phi) is 5.42. The highest BCUT2D eigenvalue weighted by Crippen LogP contribution is 2.13. The second kappa shape index (κ2) is 7.73. The van der Waals surface area contributed by atoms with Gasteiger partial charge in [-0.1, -0.05) is 6.07 Å². The molecule has 7 nitrogen and oxygen atoms in total. The molecule has 1 saturated heterocycles. The molecule has 1 amide bonds. The second-order valence-corrected chi connectivity index (χ2v) is 7.51. The van der Waals surface area contributed by atoms with E-state index in [2.05, 4.69) is 15.0 Å². The quantitative estimate of drug-likeness (QED) is 0.802. The molecular weight excluding hydrogens is 342 g/mol. The van der Waals surface area contributed by atoms with Gasteiger partial charge in [0.1, 0.15) is 0 Å². The van der Waals surface area contributed by atoms with Gasteiger partial charge in [-0.2, -0.15) is 0 Å². The lowest BCUT2D eigenvalue weighted by Gasteiger charge is -2.12. The van der Waals surface area contributed by atoms with Gasteiger partial charge in [0, 0.05) is 31.1 Å². The number of aromatic nitrogens is 1. The minimum atomic E-state index is -3.72. The van der Waals surface area contributed by atoms with Crippen LogP contribution in [0.4, 0.5) is 0 Å². The average Bonchev–Trinajstić information content (AvgIpc) is 3.14. The van der Waals surface area contributed by atoms with Crippen molar-refractivity contribution < 1.29 is 17.9 Å². The Hall–Kier alpha value is -2.29. The molecule has 1 aliphatic heterocycles. The van der Waals surface area contributed by atoms with Crippen molar-refractivity contribution >= 4 is 15.9 Å². The first kappa shape index (κ1) is 17.5. The predicted octanol–water partition coefficient (Wildman–Crippen LogP) is 1.08. The highest BCUT2D eigenvalue weighted by molar-refractivity contribution is 7.89. The zero-order valence-electron chi connectivity index (χ0n) is 13.5. The number of amides is 1. The number of ether oxygens (including phenoxy) is 1. The Morgan fingerprint density at radius 3 is 2.76 bits per heavy atom. The molecule has 0 aliphatic carbocycles. The summed E-state index contributed by atoms with van der Waals surface area (Å²) in [4.78, 5) is 16.2. The van der Waals surface area contributed by atoms with Crippen molar-refractivity contribution in [1.29, 1.82) is 0 Å². The Morgan fingerprint density at radius 2 is 2.04 bits per heavy atom. The van der Waals surface area contributed by atoms with Crippen LogP contribution < -0.4 is 10.0 Å². The number of carbonyl (C=O) groups is 1. The van der Waals surface area contributed by atoms with Gasteiger partial charge in [0.15, 0.2) is 0 Å². The number of carbonyl (C=O) groups excluding carboxylic acids is 1. The monoisotopic (exact) mass is 361 g/mol. The fourth-order valence-electron chi connectivity index (χ4n) is 2.48. The summed E-state index contributed by atoms with van der Waals surface area (Å²) in [5.41, 5.74) is 1.10. The molecule has 1 aromatic heterocycles. The third-order valence-electron chi connectivity index (χ3n) is 3.89. The maximum atomic E-state index is 12.4. The normalized spacial score (nSPS) is 17.4. The van der Waals surface area contributed by atoms with E-state index in [1.165, 1.54) is 12.1 Å². The first-order chi connectivity index (χ1) is 12.0. The molecule has 2 N–H and O–H groups in total. The molecule has 1 fully saturated rings. The van der Waals surface area contributed by atoms with Crippen LogP contribution in [0, 0.1) is 0 Å². The van der Waals surface area contributed by atoms with E-state index in [4.69, 9.17) is 4.74 Å². The topological polar surface area (TPSA) is 97.4 Å². The van der Waals surface area contributed by atoms with E-state index < -0.39 is 10.0 Å². The molecule has 0 unspecified atom stereocenters. The molecule has 132 valence electrons. The smallest absolute Gasteiger partial charge is 0.251 e. The van der Waals surface area contributed by atoms with Gasteiger partial charge in [0.05, 0.1) is 17.5 Å². The van der Waals surface area contributed by atoms with E-state index in [9.17, 15) is 13.2 Å². The van der Waals surface area contributed by atoms with E-state index in [1.54, 1.807) is 36.7 Å².